The Labute approximate surface area is 187 Å². The molecule has 2 aliphatic rings. The number of aliphatic imine (C=N–C) groups is 1. The smallest absolute Gasteiger partial charge is 0.441 e. The average molecular weight is 472 g/mol. The van der Waals surface area contributed by atoms with Crippen molar-refractivity contribution >= 4 is 62.3 Å². The van der Waals surface area contributed by atoms with Crippen LogP contribution < -0.4 is 0 Å². The first-order valence-electron chi connectivity index (χ1n) is 9.12. The number of nitrogens with zero attached hydrogens (tertiary/aromatic N) is 3. The highest BCUT2D eigenvalue weighted by Crippen LogP contribution is 2.37. The van der Waals surface area contributed by atoms with Crippen molar-refractivity contribution in [3.05, 3.63) is 65.9 Å². The van der Waals surface area contributed by atoms with Crippen LogP contribution in [-0.2, 0) is 4.79 Å². The molecule has 2 aromatic carbocycles. The molecule has 6 nitrogen and oxygen atoms in total. The van der Waals surface area contributed by atoms with Crippen LogP contribution in [0.25, 0.3) is 16.8 Å². The van der Waals surface area contributed by atoms with E-state index in [1.165, 1.54) is 17.8 Å². The summed E-state index contributed by atoms with van der Waals surface area (Å²) in [6.07, 6.45) is -3.41. The van der Waals surface area contributed by atoms with E-state index in [4.69, 9.17) is 9.83 Å². The molecule has 1 aromatic heterocycles. The van der Waals surface area contributed by atoms with Crippen molar-refractivity contribution in [2.75, 3.05) is 0 Å². The second-order valence-electron chi connectivity index (χ2n) is 6.66. The van der Waals surface area contributed by atoms with Crippen LogP contribution in [0.3, 0.4) is 0 Å². The second-order valence-corrected chi connectivity index (χ2v) is 8.66. The zero-order valence-electron chi connectivity index (χ0n) is 15.9. The molecule has 0 radical (unpaired) electrons. The van der Waals surface area contributed by atoms with Crippen molar-refractivity contribution in [1.29, 1.82) is 5.41 Å². The Morgan fingerprint density at radius 2 is 1.88 bits per heavy atom. The largest absolute Gasteiger partial charge is 0.450 e. The van der Waals surface area contributed by atoms with Gasteiger partial charge in [0.15, 0.2) is 10.9 Å². The Morgan fingerprint density at radius 1 is 1.09 bits per heavy atom. The number of thioether (sulfide) groups is 1. The minimum absolute atomic E-state index is 0.209. The van der Waals surface area contributed by atoms with Gasteiger partial charge in [-0.1, -0.05) is 48.2 Å². The molecule has 0 spiro atoms. The average Bonchev–Trinajstić information content (AvgIpc) is 3.38. The highest BCUT2D eigenvalue weighted by atomic mass is 32.2. The predicted octanol–water partition coefficient (Wildman–Crippen LogP) is 5.77. The third-order valence-corrected chi connectivity index (χ3v) is 6.50. The van der Waals surface area contributed by atoms with Crippen molar-refractivity contribution < 1.29 is 22.4 Å². The highest BCUT2D eigenvalue weighted by Gasteiger charge is 2.46. The fourth-order valence-corrected chi connectivity index (χ4v) is 4.80. The maximum Gasteiger partial charge on any atom is 0.441 e. The molecule has 1 N–H and O–H groups in total. The number of alkyl halides is 3. The molecule has 0 aliphatic carbocycles. The number of rotatable bonds is 3. The molecule has 3 aromatic rings. The summed E-state index contributed by atoms with van der Waals surface area (Å²) in [5.74, 6) is -1.05. The van der Waals surface area contributed by atoms with Crippen molar-refractivity contribution in [3.8, 4) is 0 Å². The van der Waals surface area contributed by atoms with Gasteiger partial charge in [0.2, 0.25) is 10.2 Å². The van der Waals surface area contributed by atoms with Crippen LogP contribution >= 0.6 is 23.5 Å². The van der Waals surface area contributed by atoms with Crippen LogP contribution in [0.4, 0.5) is 13.2 Å². The number of hydrogen-bond acceptors (Lipinski definition) is 6. The number of furan rings is 1. The van der Waals surface area contributed by atoms with E-state index in [0.717, 1.165) is 15.7 Å². The third kappa shape index (κ3) is 3.73. The number of carbonyl (C=O) groups is 1. The summed E-state index contributed by atoms with van der Waals surface area (Å²) in [5.41, 5.74) is -0.211. The summed E-state index contributed by atoms with van der Waals surface area (Å²) in [6, 6.07) is 17.2. The molecule has 32 heavy (non-hydrogen) atoms. The first kappa shape index (κ1) is 20.6. The van der Waals surface area contributed by atoms with Gasteiger partial charge in [0, 0.05) is 4.90 Å². The topological polar surface area (TPSA) is 82.0 Å². The fraction of sp³-hybridized carbons (Fsp3) is 0.0476. The van der Waals surface area contributed by atoms with E-state index in [1.807, 2.05) is 42.5 Å². The molecule has 2 aliphatic heterocycles. The van der Waals surface area contributed by atoms with Crippen LogP contribution in [0.5, 0.6) is 0 Å². The molecule has 0 saturated carbocycles. The van der Waals surface area contributed by atoms with E-state index >= 15 is 0 Å². The number of fused-ring (bicyclic) bond motifs is 2. The van der Waals surface area contributed by atoms with Gasteiger partial charge in [-0.2, -0.15) is 28.3 Å². The predicted molar refractivity (Wildman–Crippen MR) is 118 cm³/mol. The summed E-state index contributed by atoms with van der Waals surface area (Å²) in [6.45, 7) is 0. The van der Waals surface area contributed by atoms with Gasteiger partial charge in [-0.15, -0.1) is 0 Å². The summed E-state index contributed by atoms with van der Waals surface area (Å²) < 4.78 is 44.6. The minimum atomic E-state index is -4.69. The number of hydrazone groups is 1. The van der Waals surface area contributed by atoms with Crippen molar-refractivity contribution in [2.24, 2.45) is 10.1 Å². The van der Waals surface area contributed by atoms with Gasteiger partial charge in [-0.25, -0.2) is 0 Å². The number of carbonyl (C=O) groups excluding carboxylic acids is 1. The Balaban J connectivity index is 1.41. The van der Waals surface area contributed by atoms with Crippen LogP contribution in [-0.4, -0.2) is 33.1 Å². The lowest BCUT2D eigenvalue weighted by Crippen LogP contribution is -2.35. The van der Waals surface area contributed by atoms with Gasteiger partial charge in [-0.05, 0) is 46.8 Å². The van der Waals surface area contributed by atoms with Crippen LogP contribution in [0.1, 0.15) is 5.76 Å². The van der Waals surface area contributed by atoms with E-state index in [-0.39, 0.29) is 28.3 Å². The quantitative estimate of drug-likeness (QED) is 0.490. The van der Waals surface area contributed by atoms with Crippen molar-refractivity contribution in [2.45, 2.75) is 16.2 Å². The zero-order valence-corrected chi connectivity index (χ0v) is 17.5. The highest BCUT2D eigenvalue weighted by molar-refractivity contribution is 8.27. The molecule has 160 valence electrons. The van der Waals surface area contributed by atoms with Crippen molar-refractivity contribution in [3.63, 3.8) is 0 Å². The molecule has 0 bridgehead atoms. The summed E-state index contributed by atoms with van der Waals surface area (Å²) in [7, 11) is 0. The third-order valence-electron chi connectivity index (χ3n) is 4.55. The fourth-order valence-electron chi connectivity index (χ4n) is 3.11. The summed E-state index contributed by atoms with van der Waals surface area (Å²) in [5, 5.41) is 13.5. The number of nitrogens with one attached hydrogen (secondary N) is 1. The lowest BCUT2D eigenvalue weighted by molar-refractivity contribution is -0.114. The van der Waals surface area contributed by atoms with E-state index in [2.05, 4.69) is 10.1 Å². The second kappa shape index (κ2) is 7.68. The van der Waals surface area contributed by atoms with Gasteiger partial charge < -0.3 is 4.42 Å². The molecule has 0 unspecified atom stereocenters. The first-order valence-corrected chi connectivity index (χ1v) is 10.8. The van der Waals surface area contributed by atoms with E-state index in [0.29, 0.717) is 10.1 Å². The molecule has 0 fully saturated rings. The van der Waals surface area contributed by atoms with E-state index in [1.54, 1.807) is 12.1 Å². The normalized spacial score (nSPS) is 17.7. The summed E-state index contributed by atoms with van der Waals surface area (Å²) in [4.78, 5) is 17.0. The standard InChI is InChI=1S/C21H11F3N4O2S2/c22-21(23,24)19-27-28-17(25)14(18(29)26-20(28)32-19)10-12-8-9-16(30-12)31-15-7-3-5-11-4-1-2-6-13(11)15/h1-10,25H/b14-10+,25-17?. The Bertz CT molecular complexity index is 1370. The molecule has 1 amide bonds. The number of halogens is 3. The van der Waals surface area contributed by atoms with Gasteiger partial charge in [0.1, 0.15) is 5.76 Å². The summed E-state index contributed by atoms with van der Waals surface area (Å²) >= 11 is 1.61. The van der Waals surface area contributed by atoms with Crippen LogP contribution in [0.15, 0.2) is 84.7 Å². The Kier molecular flexibility index (Phi) is 4.94. The monoisotopic (exact) mass is 472 g/mol. The molecule has 5 rings (SSSR count). The SMILES string of the molecule is N=C1/C(=C\c2ccc(Sc3cccc4ccccc34)o2)C(=O)N=C2SC(C(F)(F)F)=NN12. The van der Waals surface area contributed by atoms with Gasteiger partial charge >= 0.3 is 6.18 Å². The molecular weight excluding hydrogens is 461 g/mol. The Morgan fingerprint density at radius 3 is 2.69 bits per heavy atom. The Hall–Kier alpha value is -3.31. The molecular formula is C21H11F3N4O2S2. The van der Waals surface area contributed by atoms with Gasteiger partial charge in [0.05, 0.1) is 5.57 Å². The zero-order chi connectivity index (χ0) is 22.5. The first-order chi connectivity index (χ1) is 15.3. The van der Waals surface area contributed by atoms with Crippen LogP contribution in [0.2, 0.25) is 0 Å². The maximum absolute atomic E-state index is 12.9. The number of amidine groups is 2. The molecule has 0 saturated heterocycles. The van der Waals surface area contributed by atoms with Crippen LogP contribution in [0, 0.1) is 5.41 Å². The lowest BCUT2D eigenvalue weighted by atomic mass is 10.1. The van der Waals surface area contributed by atoms with E-state index in [9.17, 15) is 18.0 Å². The van der Waals surface area contributed by atoms with E-state index < -0.39 is 23.0 Å². The molecule has 11 heteroatoms. The number of benzene rings is 2. The lowest BCUT2D eigenvalue weighted by Gasteiger charge is -2.19. The molecule has 3 heterocycles. The van der Waals surface area contributed by atoms with Gasteiger partial charge in [0.25, 0.3) is 5.91 Å². The van der Waals surface area contributed by atoms with Crippen molar-refractivity contribution in [1.82, 2.24) is 5.01 Å². The molecule has 0 atom stereocenters. The van der Waals surface area contributed by atoms with Gasteiger partial charge in [-0.3, -0.25) is 10.2 Å². The minimum Gasteiger partial charge on any atom is -0.450 e. The number of amides is 1. The number of hydrogen-bond donors (Lipinski definition) is 1. The maximum atomic E-state index is 12.9.